The van der Waals surface area contributed by atoms with Gasteiger partial charge in [-0.1, -0.05) is 35.0 Å². The van der Waals surface area contributed by atoms with Gasteiger partial charge in [-0.2, -0.15) is 4.98 Å². The van der Waals surface area contributed by atoms with E-state index in [2.05, 4.69) is 29.2 Å². The molecule has 0 spiro atoms. The maximum atomic E-state index is 5.34. The predicted molar refractivity (Wildman–Crippen MR) is 69.7 cm³/mol. The Morgan fingerprint density at radius 3 is 2.63 bits per heavy atom. The van der Waals surface area contributed by atoms with E-state index in [1.165, 1.54) is 10.5 Å². The second kappa shape index (κ2) is 5.50. The van der Waals surface area contributed by atoms with Crippen LogP contribution < -0.4 is 4.90 Å². The average molecular weight is 260 g/mol. The lowest BCUT2D eigenvalue weighted by Crippen LogP contribution is -3.12. The normalized spacial score (nSPS) is 16.7. The minimum absolute atomic E-state index is 0.669. The van der Waals surface area contributed by atoms with Crippen molar-refractivity contribution in [3.63, 3.8) is 0 Å². The molecule has 1 N–H and O–H groups in total. The molecule has 3 rings (SSSR count). The monoisotopic (exact) mass is 260 g/mol. The quantitative estimate of drug-likeness (QED) is 0.871. The molecule has 100 valence electrons. The van der Waals surface area contributed by atoms with Gasteiger partial charge in [-0.05, 0) is 6.92 Å². The van der Waals surface area contributed by atoms with Gasteiger partial charge in [0.25, 0.3) is 5.89 Å². The molecule has 0 aliphatic carbocycles. The lowest BCUT2D eigenvalue weighted by Gasteiger charge is -2.21. The van der Waals surface area contributed by atoms with E-state index in [0.29, 0.717) is 11.7 Å². The number of aromatic nitrogens is 2. The Kier molecular flexibility index (Phi) is 3.57. The molecule has 2 heterocycles. The van der Waals surface area contributed by atoms with Crippen molar-refractivity contribution >= 4 is 0 Å². The summed E-state index contributed by atoms with van der Waals surface area (Å²) in [6.45, 7) is 6.47. The summed E-state index contributed by atoms with van der Waals surface area (Å²) in [6, 6.07) is 8.15. The summed E-state index contributed by atoms with van der Waals surface area (Å²) in [5.74, 6) is 1.37. The largest absolute Gasteiger partial charge is 0.370 e. The van der Waals surface area contributed by atoms with Crippen LogP contribution in [-0.2, 0) is 11.3 Å². The third-order valence-electron chi connectivity index (χ3n) is 3.38. The zero-order valence-electron chi connectivity index (χ0n) is 11.1. The van der Waals surface area contributed by atoms with Crippen LogP contribution in [0.15, 0.2) is 28.8 Å². The number of nitrogens with zero attached hydrogens (tertiary/aromatic N) is 2. The van der Waals surface area contributed by atoms with E-state index in [1.807, 2.05) is 12.1 Å². The molecule has 1 saturated heterocycles. The molecule has 2 aromatic rings. The second-order valence-corrected chi connectivity index (χ2v) is 4.92. The SMILES string of the molecule is Cc1ccc(-c2noc(C[NH+]3CCOCC3)n2)cc1. The number of hydrogen-bond donors (Lipinski definition) is 1. The summed E-state index contributed by atoms with van der Waals surface area (Å²) in [7, 11) is 0. The molecule has 0 atom stereocenters. The molecule has 0 radical (unpaired) electrons. The first-order chi connectivity index (χ1) is 9.31. The Labute approximate surface area is 112 Å². The van der Waals surface area contributed by atoms with Crippen LogP contribution in [0.4, 0.5) is 0 Å². The average Bonchev–Trinajstić information content (AvgIpc) is 2.89. The summed E-state index contributed by atoms with van der Waals surface area (Å²) in [6.07, 6.45) is 0. The van der Waals surface area contributed by atoms with Crippen LogP contribution >= 0.6 is 0 Å². The maximum Gasteiger partial charge on any atom is 0.282 e. The topological polar surface area (TPSA) is 52.6 Å². The molecule has 0 amide bonds. The number of nitrogens with one attached hydrogen (secondary N) is 1. The fraction of sp³-hybridized carbons (Fsp3) is 0.429. The van der Waals surface area contributed by atoms with Crippen LogP contribution in [0.1, 0.15) is 11.5 Å². The van der Waals surface area contributed by atoms with Gasteiger partial charge in [0.1, 0.15) is 13.1 Å². The molecule has 0 bridgehead atoms. The van der Waals surface area contributed by atoms with E-state index in [9.17, 15) is 0 Å². The highest BCUT2D eigenvalue weighted by Gasteiger charge is 2.18. The van der Waals surface area contributed by atoms with Crippen molar-refractivity contribution in [1.82, 2.24) is 10.1 Å². The first-order valence-electron chi connectivity index (χ1n) is 6.62. The van der Waals surface area contributed by atoms with Gasteiger partial charge in [0, 0.05) is 5.56 Å². The lowest BCUT2D eigenvalue weighted by molar-refractivity contribution is -0.922. The number of aryl methyl sites for hydroxylation is 1. The minimum atomic E-state index is 0.669. The smallest absolute Gasteiger partial charge is 0.282 e. The highest BCUT2D eigenvalue weighted by atomic mass is 16.5. The summed E-state index contributed by atoms with van der Waals surface area (Å²) in [5, 5.41) is 4.05. The molecular formula is C14H18N3O2+. The molecule has 1 aromatic carbocycles. The van der Waals surface area contributed by atoms with Crippen LogP contribution in [0.3, 0.4) is 0 Å². The fourth-order valence-electron chi connectivity index (χ4n) is 2.20. The van der Waals surface area contributed by atoms with Crippen LogP contribution in [0.2, 0.25) is 0 Å². The molecule has 5 nitrogen and oxygen atoms in total. The molecular weight excluding hydrogens is 242 g/mol. The third-order valence-corrected chi connectivity index (χ3v) is 3.38. The maximum absolute atomic E-state index is 5.34. The van der Waals surface area contributed by atoms with Gasteiger partial charge < -0.3 is 14.2 Å². The lowest BCUT2D eigenvalue weighted by atomic mass is 10.1. The van der Waals surface area contributed by atoms with Crippen molar-refractivity contribution in [1.29, 1.82) is 0 Å². The van der Waals surface area contributed by atoms with E-state index in [4.69, 9.17) is 9.26 Å². The van der Waals surface area contributed by atoms with Crippen molar-refractivity contribution in [2.45, 2.75) is 13.5 Å². The Morgan fingerprint density at radius 1 is 1.16 bits per heavy atom. The number of benzene rings is 1. The second-order valence-electron chi connectivity index (χ2n) is 4.92. The zero-order valence-corrected chi connectivity index (χ0v) is 11.1. The van der Waals surface area contributed by atoms with Gasteiger partial charge in [0.05, 0.1) is 13.2 Å². The zero-order chi connectivity index (χ0) is 13.1. The Hall–Kier alpha value is -1.72. The number of hydrogen-bond acceptors (Lipinski definition) is 4. The standard InChI is InChI=1S/C14H17N3O2/c1-11-2-4-12(5-3-11)14-15-13(19-16-14)10-17-6-8-18-9-7-17/h2-5H,6-10H2,1H3/p+1. The number of rotatable bonds is 3. The fourth-order valence-corrected chi connectivity index (χ4v) is 2.20. The van der Waals surface area contributed by atoms with Crippen molar-refractivity contribution < 1.29 is 14.2 Å². The van der Waals surface area contributed by atoms with E-state index in [1.54, 1.807) is 0 Å². The van der Waals surface area contributed by atoms with E-state index in [0.717, 1.165) is 38.4 Å². The minimum Gasteiger partial charge on any atom is -0.370 e. The molecule has 5 heteroatoms. The van der Waals surface area contributed by atoms with Crippen LogP contribution in [-0.4, -0.2) is 36.4 Å². The van der Waals surface area contributed by atoms with Gasteiger partial charge in [-0.25, -0.2) is 0 Å². The van der Waals surface area contributed by atoms with Gasteiger partial charge >= 0.3 is 0 Å². The molecule has 1 aromatic heterocycles. The Balaban J connectivity index is 1.70. The van der Waals surface area contributed by atoms with Gasteiger partial charge in [0.2, 0.25) is 5.82 Å². The highest BCUT2D eigenvalue weighted by Crippen LogP contribution is 2.15. The van der Waals surface area contributed by atoms with Crippen LogP contribution in [0.25, 0.3) is 11.4 Å². The first kappa shape index (κ1) is 12.3. The van der Waals surface area contributed by atoms with Crippen molar-refractivity contribution in [3.05, 3.63) is 35.7 Å². The molecule has 1 aliphatic heterocycles. The molecule has 1 fully saturated rings. The van der Waals surface area contributed by atoms with E-state index >= 15 is 0 Å². The van der Waals surface area contributed by atoms with Crippen molar-refractivity contribution in [2.24, 2.45) is 0 Å². The predicted octanol–water partition coefficient (Wildman–Crippen LogP) is 0.460. The number of quaternary nitrogens is 1. The molecule has 1 aliphatic rings. The third kappa shape index (κ3) is 3.00. The Bertz CT molecular complexity index is 530. The summed E-state index contributed by atoms with van der Waals surface area (Å²) in [5.41, 5.74) is 2.22. The van der Waals surface area contributed by atoms with Gasteiger partial charge in [0.15, 0.2) is 6.54 Å². The van der Waals surface area contributed by atoms with Gasteiger partial charge in [-0.15, -0.1) is 0 Å². The highest BCUT2D eigenvalue weighted by molar-refractivity contribution is 5.54. The van der Waals surface area contributed by atoms with E-state index < -0.39 is 0 Å². The molecule has 0 saturated carbocycles. The Morgan fingerprint density at radius 2 is 1.89 bits per heavy atom. The first-order valence-corrected chi connectivity index (χ1v) is 6.62. The van der Waals surface area contributed by atoms with Crippen molar-refractivity contribution in [2.75, 3.05) is 26.3 Å². The van der Waals surface area contributed by atoms with Crippen molar-refractivity contribution in [3.8, 4) is 11.4 Å². The number of ether oxygens (including phenoxy) is 1. The van der Waals surface area contributed by atoms with Crippen LogP contribution in [0.5, 0.6) is 0 Å². The number of morpholine rings is 1. The van der Waals surface area contributed by atoms with Crippen LogP contribution in [0, 0.1) is 6.92 Å². The summed E-state index contributed by atoms with van der Waals surface area (Å²) < 4.78 is 10.7. The summed E-state index contributed by atoms with van der Waals surface area (Å²) >= 11 is 0. The molecule has 19 heavy (non-hydrogen) atoms. The van der Waals surface area contributed by atoms with Gasteiger partial charge in [-0.3, -0.25) is 0 Å². The summed E-state index contributed by atoms with van der Waals surface area (Å²) in [4.78, 5) is 5.90. The van der Waals surface area contributed by atoms with E-state index in [-0.39, 0.29) is 0 Å². The molecule has 0 unspecified atom stereocenters.